The predicted octanol–water partition coefficient (Wildman–Crippen LogP) is 3.63. The average molecular weight is 768 g/mol. The summed E-state index contributed by atoms with van der Waals surface area (Å²) in [6.45, 7) is 15.0. The lowest BCUT2D eigenvalue weighted by Gasteiger charge is -2.44. The highest BCUT2D eigenvalue weighted by Gasteiger charge is 2.53. The van der Waals surface area contributed by atoms with Crippen LogP contribution in [0.25, 0.3) is 0 Å². The number of aliphatic hydroxyl groups excluding tert-OH is 1. The second-order valence-corrected chi connectivity index (χ2v) is 16.1. The Bertz CT molecular complexity index is 1390. The number of halogens is 2. The Hall–Kier alpha value is -3.20. The second kappa shape index (κ2) is 20.6. The molecule has 1 aliphatic rings. The van der Waals surface area contributed by atoms with E-state index in [4.69, 9.17) is 9.47 Å². The second-order valence-electron chi connectivity index (χ2n) is 16.1. The van der Waals surface area contributed by atoms with E-state index in [-0.39, 0.29) is 73.4 Å². The third kappa shape index (κ3) is 11.2. The summed E-state index contributed by atoms with van der Waals surface area (Å²) < 4.78 is 40.2. The number of hydrogen-bond acceptors (Lipinski definition) is 8. The fourth-order valence-electron chi connectivity index (χ4n) is 8.22. The van der Waals surface area contributed by atoms with Crippen molar-refractivity contribution in [2.75, 3.05) is 48.5 Å². The maximum Gasteiger partial charge on any atom is 0.245 e. The van der Waals surface area contributed by atoms with Gasteiger partial charge in [0.15, 0.2) is 0 Å². The molecule has 1 heterocycles. The summed E-state index contributed by atoms with van der Waals surface area (Å²) >= 11 is 0. The van der Waals surface area contributed by atoms with Gasteiger partial charge >= 0.3 is 0 Å². The van der Waals surface area contributed by atoms with Gasteiger partial charge in [-0.15, -0.1) is 0 Å². The largest absolute Gasteiger partial charge is 0.391 e. The van der Waals surface area contributed by atoms with Crippen molar-refractivity contribution in [3.05, 3.63) is 35.4 Å². The minimum Gasteiger partial charge on any atom is -0.391 e. The fraction of sp³-hybridized carbons (Fsp3) is 0.750. The van der Waals surface area contributed by atoms with Gasteiger partial charge in [0.25, 0.3) is 0 Å². The molecule has 1 unspecified atom stereocenters. The Kier molecular flexibility index (Phi) is 17.9. The molecule has 1 aliphatic heterocycles. The molecule has 2 rings (SSSR count). The van der Waals surface area contributed by atoms with Crippen LogP contribution < -0.4 is 10.6 Å². The van der Waals surface area contributed by atoms with Crippen molar-refractivity contribution < 1.29 is 42.5 Å². The van der Waals surface area contributed by atoms with Crippen molar-refractivity contribution in [2.24, 2.45) is 23.7 Å². The maximum absolute atomic E-state index is 14.3. The zero-order valence-corrected chi connectivity index (χ0v) is 34.7. The normalized spacial score (nSPS) is 21.4. The maximum atomic E-state index is 14.3. The molecule has 0 bridgehead atoms. The van der Waals surface area contributed by atoms with Crippen LogP contribution in [-0.4, -0.2) is 134 Å². The predicted molar refractivity (Wildman–Crippen MR) is 204 cm³/mol. The van der Waals surface area contributed by atoms with E-state index in [2.05, 4.69) is 10.6 Å². The van der Waals surface area contributed by atoms with Crippen molar-refractivity contribution in [3.63, 3.8) is 0 Å². The number of methoxy groups -OCH3 is 2. The van der Waals surface area contributed by atoms with Crippen molar-refractivity contribution in [1.82, 2.24) is 25.3 Å². The Morgan fingerprint density at radius 1 is 0.981 bits per heavy atom. The lowest BCUT2D eigenvalue weighted by molar-refractivity contribution is -0.152. The van der Waals surface area contributed by atoms with E-state index in [1.54, 1.807) is 25.8 Å². The molecule has 1 saturated heterocycles. The van der Waals surface area contributed by atoms with Gasteiger partial charge in [-0.25, -0.2) is 8.78 Å². The van der Waals surface area contributed by atoms with Crippen LogP contribution in [-0.2, 0) is 35.1 Å². The third-order valence-electron chi connectivity index (χ3n) is 11.2. The van der Waals surface area contributed by atoms with Crippen LogP contribution in [0.5, 0.6) is 0 Å². The zero-order valence-electron chi connectivity index (χ0n) is 34.7. The van der Waals surface area contributed by atoms with Crippen LogP contribution in [0, 0.1) is 35.3 Å². The summed E-state index contributed by atoms with van der Waals surface area (Å²) in [7, 11) is 8.26. The molecule has 54 heavy (non-hydrogen) atoms. The highest BCUT2D eigenvalue weighted by molar-refractivity contribution is 5.90. The van der Waals surface area contributed by atoms with Crippen molar-refractivity contribution in [1.29, 1.82) is 0 Å². The number of hydrogen-bond donors (Lipinski definition) is 3. The topological polar surface area (TPSA) is 141 Å². The van der Waals surface area contributed by atoms with Crippen molar-refractivity contribution in [2.45, 2.75) is 123 Å². The number of amides is 4. The molecule has 14 heteroatoms. The average Bonchev–Trinajstić information content (AvgIpc) is 3.40. The van der Waals surface area contributed by atoms with E-state index >= 15 is 0 Å². The monoisotopic (exact) mass is 768 g/mol. The number of carbonyl (C=O) groups is 4. The van der Waals surface area contributed by atoms with Crippen LogP contribution in [0.2, 0.25) is 0 Å². The quantitative estimate of drug-likeness (QED) is 0.183. The number of likely N-dealkylation sites (N-methyl/N-ethyl adjacent to an activating group) is 2. The van der Waals surface area contributed by atoms with Gasteiger partial charge in [0, 0.05) is 46.3 Å². The first-order valence-electron chi connectivity index (χ1n) is 19.2. The van der Waals surface area contributed by atoms with Crippen LogP contribution in [0.4, 0.5) is 8.78 Å². The standard InChI is InChI=1S/C40H67F2N5O7/c1-14-25(6)35(46(11)39(52)33(23(2)3)44-38(51)34(24(4)5)45(9)10)31(53-12)20-32(49)47-22-27(48)21-40(47,8)36(54-13)26(7)37(50)43-19-18-28-29(41)16-15-17-30(28)42/h15-17,23-27,31,33-36,48H,14,18-22H2,1-13H3,(H,43,50)(H,44,51)/t25?,26-,27+,31-,33+,34+,35+,36-,40+/m1/s1. The van der Waals surface area contributed by atoms with Gasteiger partial charge in [-0.05, 0) is 57.3 Å². The third-order valence-corrected chi connectivity index (χ3v) is 11.2. The number of β-amino-alcohol motifs (C(OH)–C–C–N with tert-alkyl or cyclic N) is 1. The molecule has 0 aliphatic carbocycles. The van der Waals surface area contributed by atoms with E-state index in [1.165, 1.54) is 25.2 Å². The van der Waals surface area contributed by atoms with Crippen molar-refractivity contribution >= 4 is 23.6 Å². The molecule has 0 saturated carbocycles. The highest BCUT2D eigenvalue weighted by Crippen LogP contribution is 2.38. The molecule has 0 radical (unpaired) electrons. The fourth-order valence-corrected chi connectivity index (χ4v) is 8.22. The Morgan fingerprint density at radius 2 is 1.57 bits per heavy atom. The van der Waals surface area contributed by atoms with Gasteiger partial charge in [0.2, 0.25) is 23.6 Å². The van der Waals surface area contributed by atoms with E-state index in [9.17, 15) is 33.1 Å². The van der Waals surface area contributed by atoms with E-state index < -0.39 is 65.4 Å². The number of nitrogens with zero attached hydrogens (tertiary/aromatic N) is 3. The Labute approximate surface area is 321 Å². The summed E-state index contributed by atoms with van der Waals surface area (Å²) in [5.41, 5.74) is -1.24. The number of ether oxygens (including phenoxy) is 2. The SMILES string of the molecule is CCC(C)[C@@H]([C@@H](CC(=O)N1C[C@@H](O)C[C@@]1(C)[C@H](OC)[C@@H](C)C(=O)NCCc1c(F)cccc1F)OC)N(C)C(=O)[C@@H](NC(=O)[C@H](C(C)C)N(C)C)C(C)C. The molecule has 1 aromatic carbocycles. The van der Waals surface area contributed by atoms with E-state index in [1.807, 2.05) is 60.5 Å². The molecular formula is C40H67F2N5O7. The summed E-state index contributed by atoms with van der Waals surface area (Å²) in [4.78, 5) is 60.3. The number of benzene rings is 1. The molecule has 308 valence electrons. The first-order valence-corrected chi connectivity index (χ1v) is 19.2. The van der Waals surface area contributed by atoms with Crippen LogP contribution in [0.1, 0.15) is 80.2 Å². The molecule has 1 aromatic rings. The summed E-state index contributed by atoms with van der Waals surface area (Å²) in [5, 5.41) is 16.6. The van der Waals surface area contributed by atoms with Gasteiger partial charge in [-0.2, -0.15) is 0 Å². The Balaban J connectivity index is 2.32. The van der Waals surface area contributed by atoms with Gasteiger partial charge in [0.1, 0.15) is 17.7 Å². The minimum atomic E-state index is -1.11. The summed E-state index contributed by atoms with van der Waals surface area (Å²) in [5.74, 6) is -3.83. The number of likely N-dealkylation sites (tertiary alicyclic amines) is 1. The number of aliphatic hydroxyl groups is 1. The van der Waals surface area contributed by atoms with Crippen LogP contribution in [0.15, 0.2) is 18.2 Å². The van der Waals surface area contributed by atoms with Gasteiger partial charge in [-0.3, -0.25) is 24.1 Å². The lowest BCUT2D eigenvalue weighted by Crippen LogP contribution is -2.60. The summed E-state index contributed by atoms with van der Waals surface area (Å²) in [6, 6.07) is 1.80. The van der Waals surface area contributed by atoms with E-state index in [0.717, 1.165) is 12.1 Å². The molecule has 1 fully saturated rings. The van der Waals surface area contributed by atoms with Gasteiger partial charge < -0.3 is 35.0 Å². The number of rotatable bonds is 20. The molecule has 4 amide bonds. The first-order chi connectivity index (χ1) is 25.2. The molecule has 3 N–H and O–H groups in total. The Morgan fingerprint density at radius 3 is 2.06 bits per heavy atom. The minimum absolute atomic E-state index is 0.000354. The summed E-state index contributed by atoms with van der Waals surface area (Å²) in [6.07, 6.45) is -1.87. The molecule has 12 nitrogen and oxygen atoms in total. The molecule has 0 spiro atoms. The smallest absolute Gasteiger partial charge is 0.245 e. The first kappa shape index (κ1) is 47.0. The zero-order chi connectivity index (χ0) is 41.2. The van der Waals surface area contributed by atoms with Crippen LogP contribution >= 0.6 is 0 Å². The number of carbonyl (C=O) groups excluding carboxylic acids is 4. The highest BCUT2D eigenvalue weighted by atomic mass is 19.1. The van der Waals surface area contributed by atoms with Gasteiger partial charge in [-0.1, -0.05) is 61.0 Å². The van der Waals surface area contributed by atoms with Crippen molar-refractivity contribution in [3.8, 4) is 0 Å². The molecular weight excluding hydrogens is 700 g/mol. The molecule has 9 atom stereocenters. The molecule has 0 aromatic heterocycles. The van der Waals surface area contributed by atoms with E-state index in [0.29, 0.717) is 6.42 Å². The number of nitrogens with one attached hydrogen (secondary N) is 2. The van der Waals surface area contributed by atoms with Gasteiger partial charge in [0.05, 0.1) is 48.3 Å². The lowest BCUT2D eigenvalue weighted by atomic mass is 9.82. The van der Waals surface area contributed by atoms with Crippen LogP contribution in [0.3, 0.4) is 0 Å².